The van der Waals surface area contributed by atoms with Crippen LogP contribution in [-0.4, -0.2) is 15.0 Å². The average Bonchev–Trinajstić information content (AvgIpc) is 2.81. The zero-order valence-electron chi connectivity index (χ0n) is 8.61. The zero-order valence-corrected chi connectivity index (χ0v) is 10.1. The number of hydrogen-bond donors (Lipinski definition) is 1. The molecular formula is C12H7Cl2N3. The summed E-state index contributed by atoms with van der Waals surface area (Å²) in [6.07, 6.45) is 3.43. The molecule has 0 bridgehead atoms. The number of rotatable bonds is 1. The van der Waals surface area contributed by atoms with Gasteiger partial charge < -0.3 is 4.98 Å². The van der Waals surface area contributed by atoms with Gasteiger partial charge in [0.15, 0.2) is 0 Å². The van der Waals surface area contributed by atoms with E-state index in [0.29, 0.717) is 15.6 Å². The maximum absolute atomic E-state index is 6.09. The molecule has 1 aromatic carbocycles. The second-order valence-corrected chi connectivity index (χ2v) is 4.39. The minimum Gasteiger partial charge on any atom is -0.337 e. The van der Waals surface area contributed by atoms with Crippen molar-refractivity contribution < 1.29 is 0 Å². The number of nitrogens with zero attached hydrogens (tertiary/aromatic N) is 2. The Bertz CT molecular complexity index is 638. The molecule has 0 aliphatic carbocycles. The summed E-state index contributed by atoms with van der Waals surface area (Å²) in [5.74, 6) is 0.734. The van der Waals surface area contributed by atoms with Gasteiger partial charge in [-0.25, -0.2) is 4.98 Å². The van der Waals surface area contributed by atoms with Crippen LogP contribution in [0.3, 0.4) is 0 Å². The lowest BCUT2D eigenvalue weighted by Crippen LogP contribution is -1.79. The summed E-state index contributed by atoms with van der Waals surface area (Å²) < 4.78 is 0. The highest BCUT2D eigenvalue weighted by molar-refractivity contribution is 6.39. The third kappa shape index (κ3) is 1.77. The van der Waals surface area contributed by atoms with Crippen LogP contribution < -0.4 is 0 Å². The van der Waals surface area contributed by atoms with E-state index in [9.17, 15) is 0 Å². The Morgan fingerprint density at radius 1 is 0.941 bits per heavy atom. The molecule has 0 unspecified atom stereocenters. The van der Waals surface area contributed by atoms with E-state index >= 15 is 0 Å². The van der Waals surface area contributed by atoms with Crippen LogP contribution in [0.2, 0.25) is 10.0 Å². The molecular weight excluding hydrogens is 257 g/mol. The van der Waals surface area contributed by atoms with Crippen molar-refractivity contribution in [3.63, 3.8) is 0 Å². The van der Waals surface area contributed by atoms with Crippen LogP contribution in [0, 0.1) is 0 Å². The van der Waals surface area contributed by atoms with E-state index in [2.05, 4.69) is 15.0 Å². The first-order valence-corrected chi connectivity index (χ1v) is 5.75. The maximum Gasteiger partial charge on any atom is 0.138 e. The fourth-order valence-electron chi connectivity index (χ4n) is 1.67. The number of imidazole rings is 1. The van der Waals surface area contributed by atoms with Crippen LogP contribution in [0.25, 0.3) is 22.4 Å². The van der Waals surface area contributed by atoms with E-state index in [1.165, 1.54) is 0 Å². The molecule has 1 N–H and O–H groups in total. The molecule has 3 aromatic rings. The van der Waals surface area contributed by atoms with Crippen LogP contribution in [0.4, 0.5) is 0 Å². The van der Waals surface area contributed by atoms with Crippen LogP contribution in [0.1, 0.15) is 0 Å². The van der Waals surface area contributed by atoms with Crippen molar-refractivity contribution in [1.29, 1.82) is 0 Å². The lowest BCUT2D eigenvalue weighted by atomic mass is 10.2. The topological polar surface area (TPSA) is 41.6 Å². The van der Waals surface area contributed by atoms with E-state index in [1.807, 2.05) is 12.1 Å². The first-order valence-electron chi connectivity index (χ1n) is 5.00. The van der Waals surface area contributed by atoms with Crippen LogP contribution >= 0.6 is 23.2 Å². The summed E-state index contributed by atoms with van der Waals surface area (Å²) in [5, 5.41) is 1.19. The fraction of sp³-hybridized carbons (Fsp3) is 0. The number of fused-ring (bicyclic) bond motifs is 1. The third-order valence-electron chi connectivity index (χ3n) is 2.50. The predicted octanol–water partition coefficient (Wildman–Crippen LogP) is 3.93. The largest absolute Gasteiger partial charge is 0.337 e. The minimum atomic E-state index is 0.584. The molecule has 2 aromatic heterocycles. The second-order valence-electron chi connectivity index (χ2n) is 3.57. The van der Waals surface area contributed by atoms with E-state index in [1.54, 1.807) is 24.5 Å². The number of hydrogen-bond acceptors (Lipinski definition) is 2. The van der Waals surface area contributed by atoms with Crippen molar-refractivity contribution in [3.05, 3.63) is 46.7 Å². The summed E-state index contributed by atoms with van der Waals surface area (Å²) in [6, 6.07) is 7.24. The standard InChI is InChI=1S/C12H7Cl2N3/c13-8-1-2-9(14)11-10(8)16-12(17-11)7-3-5-15-6-4-7/h1-6H,(H,16,17). The lowest BCUT2D eigenvalue weighted by Gasteiger charge is -1.93. The molecule has 0 atom stereocenters. The number of halogens is 2. The van der Waals surface area contributed by atoms with Crippen molar-refractivity contribution in [2.75, 3.05) is 0 Å². The Hall–Kier alpha value is -1.58. The fourth-order valence-corrected chi connectivity index (χ4v) is 2.07. The zero-order chi connectivity index (χ0) is 11.8. The van der Waals surface area contributed by atoms with E-state index in [0.717, 1.165) is 16.9 Å². The minimum absolute atomic E-state index is 0.584. The lowest BCUT2D eigenvalue weighted by molar-refractivity contribution is 1.28. The quantitative estimate of drug-likeness (QED) is 0.723. The van der Waals surface area contributed by atoms with Crippen molar-refractivity contribution in [1.82, 2.24) is 15.0 Å². The van der Waals surface area contributed by atoms with E-state index < -0.39 is 0 Å². The highest BCUT2D eigenvalue weighted by atomic mass is 35.5. The van der Waals surface area contributed by atoms with Crippen molar-refractivity contribution >= 4 is 34.2 Å². The van der Waals surface area contributed by atoms with Crippen LogP contribution in [0.15, 0.2) is 36.7 Å². The number of benzene rings is 1. The van der Waals surface area contributed by atoms with Gasteiger partial charge >= 0.3 is 0 Å². The SMILES string of the molecule is Clc1ccc(Cl)c2[nH]c(-c3ccncc3)nc12. The van der Waals surface area contributed by atoms with Crippen molar-refractivity contribution in [3.8, 4) is 11.4 Å². The predicted molar refractivity (Wildman–Crippen MR) is 69.3 cm³/mol. The Labute approximate surface area is 107 Å². The molecule has 0 spiro atoms. The summed E-state index contributed by atoms with van der Waals surface area (Å²) in [4.78, 5) is 11.6. The van der Waals surface area contributed by atoms with E-state index in [4.69, 9.17) is 23.2 Å². The Morgan fingerprint density at radius 2 is 1.65 bits per heavy atom. The monoisotopic (exact) mass is 263 g/mol. The number of H-pyrrole nitrogens is 1. The highest BCUT2D eigenvalue weighted by Crippen LogP contribution is 2.30. The molecule has 0 radical (unpaired) electrons. The molecule has 5 heteroatoms. The molecule has 3 rings (SSSR count). The molecule has 0 saturated carbocycles. The first kappa shape index (κ1) is 10.6. The van der Waals surface area contributed by atoms with Crippen molar-refractivity contribution in [2.45, 2.75) is 0 Å². The Morgan fingerprint density at radius 3 is 2.35 bits per heavy atom. The molecule has 0 saturated heterocycles. The number of nitrogens with one attached hydrogen (secondary N) is 1. The molecule has 0 amide bonds. The van der Waals surface area contributed by atoms with Gasteiger partial charge in [0.2, 0.25) is 0 Å². The second kappa shape index (κ2) is 4.02. The Balaban J connectivity index is 2.27. The Kier molecular flexibility index (Phi) is 2.50. The number of pyridine rings is 1. The molecule has 0 fully saturated rings. The van der Waals surface area contributed by atoms with Gasteiger partial charge in [0.25, 0.3) is 0 Å². The summed E-state index contributed by atoms with van der Waals surface area (Å²) >= 11 is 12.2. The van der Waals surface area contributed by atoms with Gasteiger partial charge in [0, 0.05) is 18.0 Å². The molecule has 84 valence electrons. The maximum atomic E-state index is 6.09. The van der Waals surface area contributed by atoms with Gasteiger partial charge in [-0.3, -0.25) is 4.98 Å². The first-order chi connectivity index (χ1) is 8.25. The van der Waals surface area contributed by atoms with Gasteiger partial charge in [-0.2, -0.15) is 0 Å². The average molecular weight is 264 g/mol. The van der Waals surface area contributed by atoms with E-state index in [-0.39, 0.29) is 0 Å². The highest BCUT2D eigenvalue weighted by Gasteiger charge is 2.10. The molecule has 2 heterocycles. The number of aromatic nitrogens is 3. The molecule has 17 heavy (non-hydrogen) atoms. The third-order valence-corrected chi connectivity index (χ3v) is 3.12. The normalized spacial score (nSPS) is 10.9. The molecule has 0 aliphatic heterocycles. The van der Waals surface area contributed by atoms with Crippen molar-refractivity contribution in [2.24, 2.45) is 0 Å². The molecule has 3 nitrogen and oxygen atoms in total. The van der Waals surface area contributed by atoms with Gasteiger partial charge in [-0.15, -0.1) is 0 Å². The van der Waals surface area contributed by atoms with Crippen LogP contribution in [0.5, 0.6) is 0 Å². The van der Waals surface area contributed by atoms with Gasteiger partial charge in [0.1, 0.15) is 11.3 Å². The number of aromatic amines is 1. The van der Waals surface area contributed by atoms with Crippen LogP contribution in [-0.2, 0) is 0 Å². The van der Waals surface area contributed by atoms with Gasteiger partial charge in [0.05, 0.1) is 15.6 Å². The smallest absolute Gasteiger partial charge is 0.138 e. The summed E-state index contributed by atoms with van der Waals surface area (Å²) in [6.45, 7) is 0. The summed E-state index contributed by atoms with van der Waals surface area (Å²) in [7, 11) is 0. The molecule has 0 aliphatic rings. The van der Waals surface area contributed by atoms with Gasteiger partial charge in [-0.05, 0) is 24.3 Å². The summed E-state index contributed by atoms with van der Waals surface area (Å²) in [5.41, 5.74) is 2.39. The van der Waals surface area contributed by atoms with Gasteiger partial charge in [-0.1, -0.05) is 23.2 Å².